The molecule has 0 bridgehead atoms. The molecular weight excluding hydrogens is 208 g/mol. The van der Waals surface area contributed by atoms with E-state index in [-0.39, 0.29) is 0 Å². The van der Waals surface area contributed by atoms with Crippen LogP contribution in [-0.2, 0) is 4.79 Å². The molecule has 0 saturated heterocycles. The molecule has 0 spiro atoms. The highest BCUT2D eigenvalue weighted by Crippen LogP contribution is 2.29. The molecule has 0 atom stereocenters. The predicted molar refractivity (Wildman–Crippen MR) is 61.0 cm³/mol. The van der Waals surface area contributed by atoms with Crippen LogP contribution >= 0.6 is 0 Å². The van der Waals surface area contributed by atoms with Crippen molar-refractivity contribution in [3.63, 3.8) is 0 Å². The molecule has 86 valence electrons. The van der Waals surface area contributed by atoms with Crippen LogP contribution in [0.1, 0.15) is 11.1 Å². The maximum absolute atomic E-state index is 10.4. The third kappa shape index (κ3) is 2.76. The number of benzene rings is 1. The van der Waals surface area contributed by atoms with Gasteiger partial charge in [0.2, 0.25) is 0 Å². The standard InChI is InChI=1S/C12H14O4/c1-8-6-9(4-5-12(13)14)11(16-3)7-10(8)15-2/h4-7H,1-3H3,(H,13,14)/b5-4+. The topological polar surface area (TPSA) is 55.8 Å². The normalized spacial score (nSPS) is 10.4. The first-order valence-corrected chi connectivity index (χ1v) is 4.72. The Morgan fingerprint density at radius 1 is 1.25 bits per heavy atom. The molecule has 0 unspecified atom stereocenters. The minimum absolute atomic E-state index is 0.583. The van der Waals surface area contributed by atoms with E-state index in [9.17, 15) is 4.79 Å². The molecule has 0 amide bonds. The van der Waals surface area contributed by atoms with Crippen molar-refractivity contribution in [2.75, 3.05) is 14.2 Å². The molecule has 0 heterocycles. The zero-order valence-electron chi connectivity index (χ0n) is 9.48. The van der Waals surface area contributed by atoms with Crippen LogP contribution < -0.4 is 9.47 Å². The highest BCUT2D eigenvalue weighted by Gasteiger charge is 2.06. The molecule has 1 aromatic rings. The Bertz CT molecular complexity index is 421. The third-order valence-corrected chi connectivity index (χ3v) is 2.15. The van der Waals surface area contributed by atoms with Crippen molar-refractivity contribution >= 4 is 12.0 Å². The summed E-state index contributed by atoms with van der Waals surface area (Å²) in [5.74, 6) is 0.305. The van der Waals surface area contributed by atoms with Gasteiger partial charge in [-0.25, -0.2) is 4.79 Å². The van der Waals surface area contributed by atoms with Gasteiger partial charge in [-0.2, -0.15) is 0 Å². The van der Waals surface area contributed by atoms with Gasteiger partial charge in [0.05, 0.1) is 14.2 Å². The van der Waals surface area contributed by atoms with E-state index in [2.05, 4.69) is 0 Å². The van der Waals surface area contributed by atoms with Gasteiger partial charge in [-0.1, -0.05) is 0 Å². The molecule has 0 aliphatic carbocycles. The van der Waals surface area contributed by atoms with Crippen molar-refractivity contribution in [1.29, 1.82) is 0 Å². The Kier molecular flexibility index (Phi) is 3.94. The fourth-order valence-electron chi connectivity index (χ4n) is 1.38. The number of aliphatic carboxylic acids is 1. The average Bonchev–Trinajstić information content (AvgIpc) is 2.26. The summed E-state index contributed by atoms with van der Waals surface area (Å²) in [5.41, 5.74) is 1.64. The fourth-order valence-corrected chi connectivity index (χ4v) is 1.38. The lowest BCUT2D eigenvalue weighted by Gasteiger charge is -2.10. The summed E-state index contributed by atoms with van der Waals surface area (Å²) in [7, 11) is 3.11. The van der Waals surface area contributed by atoms with E-state index in [0.29, 0.717) is 17.1 Å². The number of aryl methyl sites for hydroxylation is 1. The molecule has 4 heteroatoms. The van der Waals surface area contributed by atoms with Crippen molar-refractivity contribution in [2.24, 2.45) is 0 Å². The minimum Gasteiger partial charge on any atom is -0.496 e. The second kappa shape index (κ2) is 5.21. The average molecular weight is 222 g/mol. The van der Waals surface area contributed by atoms with E-state index in [4.69, 9.17) is 14.6 Å². The van der Waals surface area contributed by atoms with Crippen LogP contribution in [0.3, 0.4) is 0 Å². The van der Waals surface area contributed by atoms with Crippen LogP contribution in [-0.4, -0.2) is 25.3 Å². The quantitative estimate of drug-likeness (QED) is 0.793. The highest BCUT2D eigenvalue weighted by atomic mass is 16.5. The van der Waals surface area contributed by atoms with Gasteiger partial charge in [0.15, 0.2) is 0 Å². The molecule has 1 rings (SSSR count). The Balaban J connectivity index is 3.18. The van der Waals surface area contributed by atoms with E-state index in [1.165, 1.54) is 13.2 Å². The van der Waals surface area contributed by atoms with Gasteiger partial charge in [-0.05, 0) is 24.6 Å². The Hall–Kier alpha value is -1.97. The zero-order valence-corrected chi connectivity index (χ0v) is 9.48. The first-order chi connectivity index (χ1) is 7.58. The summed E-state index contributed by atoms with van der Waals surface area (Å²) < 4.78 is 10.3. The molecule has 0 saturated carbocycles. The Morgan fingerprint density at radius 2 is 1.88 bits per heavy atom. The molecule has 4 nitrogen and oxygen atoms in total. The SMILES string of the molecule is COc1cc(OC)c(/C=C/C(=O)O)cc1C. The largest absolute Gasteiger partial charge is 0.496 e. The van der Waals surface area contributed by atoms with E-state index in [1.807, 2.05) is 13.0 Å². The maximum Gasteiger partial charge on any atom is 0.328 e. The number of methoxy groups -OCH3 is 2. The van der Waals surface area contributed by atoms with Crippen molar-refractivity contribution < 1.29 is 19.4 Å². The molecular formula is C12H14O4. The van der Waals surface area contributed by atoms with Crippen LogP contribution in [0, 0.1) is 6.92 Å². The molecule has 1 aromatic carbocycles. The van der Waals surface area contributed by atoms with Crippen LogP contribution in [0.25, 0.3) is 6.08 Å². The summed E-state index contributed by atoms with van der Waals surface area (Å²) in [6, 6.07) is 3.55. The summed E-state index contributed by atoms with van der Waals surface area (Å²) >= 11 is 0. The van der Waals surface area contributed by atoms with Gasteiger partial charge in [-0.15, -0.1) is 0 Å². The van der Waals surface area contributed by atoms with Crippen LogP contribution in [0.15, 0.2) is 18.2 Å². The highest BCUT2D eigenvalue weighted by molar-refractivity contribution is 5.86. The Labute approximate surface area is 94.1 Å². The summed E-state index contributed by atoms with van der Waals surface area (Å²) in [6.07, 6.45) is 2.57. The van der Waals surface area contributed by atoms with Gasteiger partial charge in [-0.3, -0.25) is 0 Å². The monoisotopic (exact) mass is 222 g/mol. The van der Waals surface area contributed by atoms with E-state index >= 15 is 0 Å². The van der Waals surface area contributed by atoms with Crippen molar-refractivity contribution in [3.05, 3.63) is 29.3 Å². The summed E-state index contributed by atoms with van der Waals surface area (Å²) in [6.45, 7) is 1.89. The Morgan fingerprint density at radius 3 is 2.38 bits per heavy atom. The molecule has 16 heavy (non-hydrogen) atoms. The number of ether oxygens (including phenoxy) is 2. The smallest absolute Gasteiger partial charge is 0.328 e. The zero-order chi connectivity index (χ0) is 12.1. The summed E-state index contributed by atoms with van der Waals surface area (Å²) in [5, 5.41) is 8.56. The van der Waals surface area contributed by atoms with Gasteiger partial charge >= 0.3 is 5.97 Å². The van der Waals surface area contributed by atoms with Gasteiger partial charge in [0.1, 0.15) is 11.5 Å². The molecule has 0 fully saturated rings. The first kappa shape index (κ1) is 12.1. The number of hydrogen-bond donors (Lipinski definition) is 1. The minimum atomic E-state index is -0.990. The van der Waals surface area contributed by atoms with Crippen LogP contribution in [0.4, 0.5) is 0 Å². The van der Waals surface area contributed by atoms with Crippen molar-refractivity contribution in [3.8, 4) is 11.5 Å². The van der Waals surface area contributed by atoms with Gasteiger partial charge < -0.3 is 14.6 Å². The lowest BCUT2D eigenvalue weighted by molar-refractivity contribution is -0.131. The molecule has 0 radical (unpaired) electrons. The number of hydrogen-bond acceptors (Lipinski definition) is 3. The van der Waals surface area contributed by atoms with Gasteiger partial charge in [0, 0.05) is 17.7 Å². The summed E-state index contributed by atoms with van der Waals surface area (Å²) in [4.78, 5) is 10.4. The molecule has 0 aliphatic heterocycles. The molecule has 0 aromatic heterocycles. The second-order valence-electron chi connectivity index (χ2n) is 3.24. The van der Waals surface area contributed by atoms with E-state index < -0.39 is 5.97 Å². The third-order valence-electron chi connectivity index (χ3n) is 2.15. The van der Waals surface area contributed by atoms with Crippen LogP contribution in [0.2, 0.25) is 0 Å². The molecule has 1 N–H and O–H groups in total. The number of rotatable bonds is 4. The number of carboxylic acids is 1. The molecule has 0 aliphatic rings. The van der Waals surface area contributed by atoms with Crippen LogP contribution in [0.5, 0.6) is 11.5 Å². The maximum atomic E-state index is 10.4. The van der Waals surface area contributed by atoms with Crippen molar-refractivity contribution in [2.45, 2.75) is 6.92 Å². The lowest BCUT2D eigenvalue weighted by atomic mass is 10.1. The van der Waals surface area contributed by atoms with Gasteiger partial charge in [0.25, 0.3) is 0 Å². The van der Waals surface area contributed by atoms with E-state index in [0.717, 1.165) is 11.6 Å². The number of carbonyl (C=O) groups is 1. The first-order valence-electron chi connectivity index (χ1n) is 4.72. The predicted octanol–water partition coefficient (Wildman–Crippen LogP) is 2.11. The second-order valence-corrected chi connectivity index (χ2v) is 3.24. The fraction of sp³-hybridized carbons (Fsp3) is 0.250. The van der Waals surface area contributed by atoms with E-state index in [1.54, 1.807) is 13.2 Å². The number of carboxylic acid groups (broad SMARTS) is 1. The lowest BCUT2D eigenvalue weighted by Crippen LogP contribution is -1.93. The van der Waals surface area contributed by atoms with Crippen molar-refractivity contribution in [1.82, 2.24) is 0 Å².